The largest absolute Gasteiger partial charge is 0.158 e. The minimum Gasteiger partial charge on any atom is -0.158 e. The third-order valence-electron chi connectivity index (χ3n) is 2.48. The van der Waals surface area contributed by atoms with Gasteiger partial charge in [0.25, 0.3) is 0 Å². The van der Waals surface area contributed by atoms with E-state index in [0.717, 1.165) is 11.2 Å². The lowest BCUT2D eigenvalue weighted by Gasteiger charge is -2.27. The molecule has 64 valence electrons. The Hall–Kier alpha value is 0.0900. The Kier molecular flexibility index (Phi) is 4.06. The van der Waals surface area contributed by atoms with E-state index in [1.54, 1.807) is 0 Å². The van der Waals surface area contributed by atoms with Gasteiger partial charge in [-0.25, -0.2) is 0 Å². The average Bonchev–Trinajstić information content (AvgIpc) is 2.06. The first-order chi connectivity index (χ1) is 5.36. The summed E-state index contributed by atoms with van der Waals surface area (Å²) in [7, 11) is 0. The van der Waals surface area contributed by atoms with Gasteiger partial charge in [-0.2, -0.15) is 11.8 Å². The van der Waals surface area contributed by atoms with E-state index in [9.17, 15) is 0 Å². The quantitative estimate of drug-likeness (QED) is 0.584. The topological polar surface area (TPSA) is 0 Å². The third-order valence-corrected chi connectivity index (χ3v) is 3.81. The van der Waals surface area contributed by atoms with Crippen molar-refractivity contribution in [3.63, 3.8) is 0 Å². The highest BCUT2D eigenvalue weighted by atomic mass is 32.2. The minimum absolute atomic E-state index is 0.881. The van der Waals surface area contributed by atoms with Crippen molar-refractivity contribution in [2.24, 2.45) is 5.92 Å². The zero-order chi connectivity index (χ0) is 8.10. The summed E-state index contributed by atoms with van der Waals surface area (Å²) in [5.41, 5.74) is 0. The molecule has 2 atom stereocenters. The van der Waals surface area contributed by atoms with Crippen LogP contribution in [0.2, 0.25) is 0 Å². The van der Waals surface area contributed by atoms with Gasteiger partial charge in [0.05, 0.1) is 0 Å². The Balaban J connectivity index is 2.27. The minimum atomic E-state index is 0.881. The van der Waals surface area contributed by atoms with Gasteiger partial charge in [0, 0.05) is 5.25 Å². The molecule has 0 aliphatic carbocycles. The molecule has 11 heavy (non-hydrogen) atoms. The zero-order valence-electron chi connectivity index (χ0n) is 7.38. The molecule has 0 spiro atoms. The van der Waals surface area contributed by atoms with Gasteiger partial charge in [-0.3, -0.25) is 0 Å². The van der Waals surface area contributed by atoms with E-state index in [0.29, 0.717) is 0 Å². The van der Waals surface area contributed by atoms with Crippen molar-refractivity contribution in [3.05, 3.63) is 12.7 Å². The van der Waals surface area contributed by atoms with Gasteiger partial charge in [0.2, 0.25) is 0 Å². The first kappa shape index (κ1) is 9.18. The summed E-state index contributed by atoms with van der Waals surface area (Å²) >= 11 is 2.14. The molecule has 0 N–H and O–H groups in total. The van der Waals surface area contributed by atoms with Crippen molar-refractivity contribution in [2.75, 3.05) is 5.75 Å². The lowest BCUT2D eigenvalue weighted by Crippen LogP contribution is -2.17. The molecule has 1 heteroatoms. The van der Waals surface area contributed by atoms with Gasteiger partial charge < -0.3 is 0 Å². The maximum absolute atomic E-state index is 3.79. The SMILES string of the molecule is C=CCC1CC(CC)CCS1. The van der Waals surface area contributed by atoms with Gasteiger partial charge in [0.15, 0.2) is 0 Å². The molecule has 1 rings (SSSR count). The van der Waals surface area contributed by atoms with Crippen LogP contribution in [0.15, 0.2) is 12.7 Å². The van der Waals surface area contributed by atoms with E-state index in [4.69, 9.17) is 0 Å². The summed E-state index contributed by atoms with van der Waals surface area (Å²) in [5.74, 6) is 2.37. The van der Waals surface area contributed by atoms with Crippen molar-refractivity contribution in [1.82, 2.24) is 0 Å². The number of hydrogen-bond donors (Lipinski definition) is 0. The molecule has 0 aromatic rings. The first-order valence-electron chi connectivity index (χ1n) is 4.59. The highest BCUT2D eigenvalue weighted by Gasteiger charge is 2.19. The number of hydrogen-bond acceptors (Lipinski definition) is 1. The molecule has 0 aromatic carbocycles. The monoisotopic (exact) mass is 170 g/mol. The Morgan fingerprint density at radius 3 is 3.09 bits per heavy atom. The second-order valence-corrected chi connectivity index (χ2v) is 4.72. The molecule has 1 aliphatic rings. The molecule has 0 amide bonds. The Morgan fingerprint density at radius 2 is 2.45 bits per heavy atom. The standard InChI is InChI=1S/C10H18S/c1-3-5-10-8-9(4-2)6-7-11-10/h3,9-10H,1,4-8H2,2H3. The fraction of sp³-hybridized carbons (Fsp3) is 0.800. The first-order valence-corrected chi connectivity index (χ1v) is 5.64. The summed E-state index contributed by atoms with van der Waals surface area (Å²) in [5, 5.41) is 0.881. The molecule has 1 fully saturated rings. The molecule has 2 unspecified atom stereocenters. The van der Waals surface area contributed by atoms with E-state index in [1.807, 2.05) is 0 Å². The van der Waals surface area contributed by atoms with Crippen LogP contribution in [-0.2, 0) is 0 Å². The highest BCUT2D eigenvalue weighted by Crippen LogP contribution is 2.33. The van der Waals surface area contributed by atoms with Gasteiger partial charge in [-0.1, -0.05) is 19.4 Å². The van der Waals surface area contributed by atoms with Crippen LogP contribution >= 0.6 is 11.8 Å². The fourth-order valence-corrected chi connectivity index (χ4v) is 3.16. The second-order valence-electron chi connectivity index (χ2n) is 3.32. The van der Waals surface area contributed by atoms with Crippen molar-refractivity contribution in [1.29, 1.82) is 0 Å². The van der Waals surface area contributed by atoms with Crippen molar-refractivity contribution >= 4 is 11.8 Å². The second kappa shape index (κ2) is 4.87. The lowest BCUT2D eigenvalue weighted by atomic mass is 9.96. The normalized spacial score (nSPS) is 31.7. The highest BCUT2D eigenvalue weighted by molar-refractivity contribution is 7.99. The molecular formula is C10H18S. The number of rotatable bonds is 3. The summed E-state index contributed by atoms with van der Waals surface area (Å²) in [6, 6.07) is 0. The third kappa shape index (κ3) is 2.90. The molecular weight excluding hydrogens is 152 g/mol. The molecule has 0 aromatic heterocycles. The molecule has 0 nitrogen and oxygen atoms in total. The van der Waals surface area contributed by atoms with Crippen molar-refractivity contribution in [2.45, 2.75) is 37.9 Å². The van der Waals surface area contributed by atoms with Crippen LogP contribution in [0.4, 0.5) is 0 Å². The predicted octanol–water partition coefficient (Wildman–Crippen LogP) is 3.48. The Bertz CT molecular complexity index is 120. The Morgan fingerprint density at radius 1 is 1.64 bits per heavy atom. The maximum Gasteiger partial charge on any atom is 0.00840 e. The van der Waals surface area contributed by atoms with Crippen LogP contribution in [0, 0.1) is 5.92 Å². The van der Waals surface area contributed by atoms with Crippen LogP contribution in [0.25, 0.3) is 0 Å². The molecule has 0 bridgehead atoms. The summed E-state index contributed by atoms with van der Waals surface area (Å²) in [6.45, 7) is 6.10. The van der Waals surface area contributed by atoms with E-state index in [2.05, 4.69) is 31.3 Å². The summed E-state index contributed by atoms with van der Waals surface area (Å²) in [4.78, 5) is 0. The molecule has 0 saturated carbocycles. The Labute approximate surface area is 74.5 Å². The molecule has 0 radical (unpaired) electrons. The molecule has 1 saturated heterocycles. The van der Waals surface area contributed by atoms with E-state index >= 15 is 0 Å². The lowest BCUT2D eigenvalue weighted by molar-refractivity contribution is 0.439. The zero-order valence-corrected chi connectivity index (χ0v) is 8.20. The number of thioether (sulfide) groups is 1. The van der Waals surface area contributed by atoms with Gasteiger partial charge in [0.1, 0.15) is 0 Å². The smallest absolute Gasteiger partial charge is 0.00840 e. The van der Waals surface area contributed by atoms with Gasteiger partial charge in [-0.15, -0.1) is 6.58 Å². The predicted molar refractivity (Wildman–Crippen MR) is 54.1 cm³/mol. The molecule has 1 aliphatic heterocycles. The fourth-order valence-electron chi connectivity index (χ4n) is 1.68. The maximum atomic E-state index is 3.79. The van der Waals surface area contributed by atoms with Crippen molar-refractivity contribution < 1.29 is 0 Å². The average molecular weight is 170 g/mol. The van der Waals surface area contributed by atoms with Crippen LogP contribution in [-0.4, -0.2) is 11.0 Å². The van der Waals surface area contributed by atoms with Crippen molar-refractivity contribution in [3.8, 4) is 0 Å². The van der Waals surface area contributed by atoms with Gasteiger partial charge in [-0.05, 0) is 30.9 Å². The van der Waals surface area contributed by atoms with Crippen LogP contribution in [0.1, 0.15) is 32.6 Å². The summed E-state index contributed by atoms with van der Waals surface area (Å²) < 4.78 is 0. The van der Waals surface area contributed by atoms with Crippen LogP contribution < -0.4 is 0 Å². The number of allylic oxidation sites excluding steroid dienone is 1. The van der Waals surface area contributed by atoms with E-state index in [-0.39, 0.29) is 0 Å². The van der Waals surface area contributed by atoms with Crippen LogP contribution in [0.5, 0.6) is 0 Å². The summed E-state index contributed by atoms with van der Waals surface area (Å²) in [6.07, 6.45) is 7.51. The van der Waals surface area contributed by atoms with Crippen LogP contribution in [0.3, 0.4) is 0 Å². The van der Waals surface area contributed by atoms with Gasteiger partial charge >= 0.3 is 0 Å². The van der Waals surface area contributed by atoms with E-state index in [1.165, 1.54) is 31.4 Å². The van der Waals surface area contributed by atoms with E-state index < -0.39 is 0 Å². The molecule has 1 heterocycles.